The van der Waals surface area contributed by atoms with Gasteiger partial charge in [-0.15, -0.1) is 0 Å². The summed E-state index contributed by atoms with van der Waals surface area (Å²) in [5.41, 5.74) is 12.1. The van der Waals surface area contributed by atoms with Gasteiger partial charge in [0.05, 0.1) is 11.4 Å². The number of fused-ring (bicyclic) bond motifs is 6. The Kier molecular flexibility index (Phi) is 7.18. The van der Waals surface area contributed by atoms with Crippen LogP contribution in [0.2, 0.25) is 0 Å². The Labute approximate surface area is 302 Å². The van der Waals surface area contributed by atoms with Crippen LogP contribution in [0.4, 0.5) is 17.1 Å². The van der Waals surface area contributed by atoms with E-state index in [4.69, 9.17) is 4.42 Å². The Morgan fingerprint density at radius 2 is 0.923 bits per heavy atom. The second-order valence-corrected chi connectivity index (χ2v) is 13.3. The smallest absolute Gasteiger partial charge is 0.143 e. The maximum atomic E-state index is 6.83. The number of hydrogen-bond acceptors (Lipinski definition) is 2. The highest BCUT2D eigenvalue weighted by molar-refractivity contribution is 6.23. The lowest BCUT2D eigenvalue weighted by Gasteiger charge is -2.29. The highest BCUT2D eigenvalue weighted by Gasteiger charge is 2.23. The van der Waals surface area contributed by atoms with Gasteiger partial charge in [0.15, 0.2) is 0 Å². The fraction of sp³-hybridized carbons (Fsp3) is 0. The molecule has 0 aliphatic rings. The number of benzene rings is 9. The van der Waals surface area contributed by atoms with Crippen LogP contribution >= 0.6 is 0 Å². The van der Waals surface area contributed by atoms with Gasteiger partial charge in [-0.2, -0.15) is 0 Å². The maximum absolute atomic E-state index is 6.83. The number of rotatable bonds is 6. The predicted molar refractivity (Wildman–Crippen MR) is 220 cm³/mol. The molecule has 0 saturated heterocycles. The molecule has 0 spiro atoms. The first kappa shape index (κ1) is 30.0. The quantitative estimate of drug-likeness (QED) is 0.176. The van der Waals surface area contributed by atoms with Gasteiger partial charge >= 0.3 is 0 Å². The van der Waals surface area contributed by atoms with Gasteiger partial charge in [0.1, 0.15) is 11.2 Å². The van der Waals surface area contributed by atoms with Gasteiger partial charge in [-0.1, -0.05) is 170 Å². The molecule has 0 fully saturated rings. The van der Waals surface area contributed by atoms with E-state index in [9.17, 15) is 0 Å². The molecule has 0 radical (unpaired) electrons. The van der Waals surface area contributed by atoms with Gasteiger partial charge in [0.2, 0.25) is 0 Å². The number of anilines is 3. The van der Waals surface area contributed by atoms with Crippen molar-refractivity contribution in [2.45, 2.75) is 0 Å². The first-order valence-corrected chi connectivity index (χ1v) is 17.8. The van der Waals surface area contributed by atoms with Crippen LogP contribution in [-0.2, 0) is 0 Å². The van der Waals surface area contributed by atoms with E-state index in [1.807, 2.05) is 0 Å². The summed E-state index contributed by atoms with van der Waals surface area (Å²) in [4.78, 5) is 2.43. The molecule has 10 aromatic rings. The van der Waals surface area contributed by atoms with Crippen LogP contribution in [0.1, 0.15) is 0 Å². The minimum atomic E-state index is 0.881. The third-order valence-corrected chi connectivity index (χ3v) is 10.3. The normalized spacial score (nSPS) is 11.5. The Balaban J connectivity index is 1.28. The van der Waals surface area contributed by atoms with E-state index in [0.717, 1.165) is 60.9 Å². The second kappa shape index (κ2) is 12.5. The van der Waals surface area contributed by atoms with Crippen molar-refractivity contribution >= 4 is 60.5 Å². The topological polar surface area (TPSA) is 16.4 Å². The van der Waals surface area contributed by atoms with E-state index < -0.39 is 0 Å². The highest BCUT2D eigenvalue weighted by atomic mass is 16.3. The van der Waals surface area contributed by atoms with Crippen LogP contribution in [0, 0.1) is 0 Å². The van der Waals surface area contributed by atoms with E-state index >= 15 is 0 Å². The average molecular weight is 664 g/mol. The number of para-hydroxylation sites is 1. The minimum absolute atomic E-state index is 0.881. The third kappa shape index (κ3) is 4.96. The van der Waals surface area contributed by atoms with E-state index in [-0.39, 0.29) is 0 Å². The molecule has 0 atom stereocenters. The zero-order valence-corrected chi connectivity index (χ0v) is 28.4. The predicted octanol–water partition coefficient (Wildman–Crippen LogP) is 14.4. The summed E-state index contributed by atoms with van der Waals surface area (Å²) in [6, 6.07) is 71.6. The van der Waals surface area contributed by atoms with Gasteiger partial charge in [0, 0.05) is 32.8 Å². The summed E-state index contributed by atoms with van der Waals surface area (Å²) in [5.74, 6) is 0. The summed E-state index contributed by atoms with van der Waals surface area (Å²) < 4.78 is 6.83. The van der Waals surface area contributed by atoms with Crippen molar-refractivity contribution in [2.24, 2.45) is 0 Å². The van der Waals surface area contributed by atoms with Crippen molar-refractivity contribution in [3.8, 4) is 33.4 Å². The average Bonchev–Trinajstić information content (AvgIpc) is 3.61. The Hall–Kier alpha value is -6.90. The Morgan fingerprint density at radius 1 is 0.346 bits per heavy atom. The Morgan fingerprint density at radius 3 is 1.73 bits per heavy atom. The molecule has 0 N–H and O–H groups in total. The first-order valence-electron chi connectivity index (χ1n) is 17.8. The Bertz CT molecular complexity index is 2880. The minimum Gasteiger partial charge on any atom is -0.455 e. The van der Waals surface area contributed by atoms with E-state index in [1.165, 1.54) is 33.0 Å². The van der Waals surface area contributed by atoms with Crippen molar-refractivity contribution in [3.05, 3.63) is 200 Å². The van der Waals surface area contributed by atoms with Crippen LogP contribution in [0.5, 0.6) is 0 Å². The van der Waals surface area contributed by atoms with Crippen LogP contribution in [0.15, 0.2) is 205 Å². The molecule has 1 aromatic heterocycles. The second-order valence-electron chi connectivity index (χ2n) is 13.3. The number of nitrogens with zero attached hydrogens (tertiary/aromatic N) is 1. The van der Waals surface area contributed by atoms with Gasteiger partial charge in [0.25, 0.3) is 0 Å². The summed E-state index contributed by atoms with van der Waals surface area (Å²) in [6.45, 7) is 0. The molecule has 1 heterocycles. The van der Waals surface area contributed by atoms with Crippen molar-refractivity contribution in [2.75, 3.05) is 4.90 Å². The number of furan rings is 1. The van der Waals surface area contributed by atoms with Crippen molar-refractivity contribution in [1.29, 1.82) is 0 Å². The van der Waals surface area contributed by atoms with Crippen LogP contribution < -0.4 is 4.90 Å². The molecule has 0 amide bonds. The van der Waals surface area contributed by atoms with Gasteiger partial charge in [-0.25, -0.2) is 0 Å². The lowest BCUT2D eigenvalue weighted by atomic mass is 9.93. The van der Waals surface area contributed by atoms with E-state index in [0.29, 0.717) is 0 Å². The summed E-state index contributed by atoms with van der Waals surface area (Å²) in [7, 11) is 0. The van der Waals surface area contributed by atoms with Crippen molar-refractivity contribution < 1.29 is 4.42 Å². The van der Waals surface area contributed by atoms with Gasteiger partial charge in [-0.3, -0.25) is 0 Å². The molecule has 10 rings (SSSR count). The number of hydrogen-bond donors (Lipinski definition) is 0. The monoisotopic (exact) mass is 663 g/mol. The maximum Gasteiger partial charge on any atom is 0.143 e. The molecule has 2 heteroatoms. The zero-order valence-electron chi connectivity index (χ0n) is 28.4. The fourth-order valence-electron chi connectivity index (χ4n) is 7.87. The van der Waals surface area contributed by atoms with Crippen LogP contribution in [0.3, 0.4) is 0 Å². The molecule has 2 nitrogen and oxygen atoms in total. The standard InChI is InChI=1S/C50H33NO/c1-3-15-34(16-4-1)35-29-31-38(32-30-35)51(46-27-12-11-22-40(46)37-17-5-2-6-18-37)47-33-45-49-43(41-25-13-20-36-19-7-8-21-39(36)41)26-14-28-48(49)52-50(45)44-24-10-9-23-42(44)47/h1-33H. The molecule has 9 aromatic carbocycles. The third-order valence-electron chi connectivity index (χ3n) is 10.3. The molecule has 52 heavy (non-hydrogen) atoms. The molecule has 0 saturated carbocycles. The lowest BCUT2D eigenvalue weighted by molar-refractivity contribution is 0.673. The van der Waals surface area contributed by atoms with Gasteiger partial charge in [-0.05, 0) is 68.9 Å². The molecule has 0 aliphatic heterocycles. The highest BCUT2D eigenvalue weighted by Crippen LogP contribution is 2.48. The fourth-order valence-corrected chi connectivity index (χ4v) is 7.87. The van der Waals surface area contributed by atoms with E-state index in [1.54, 1.807) is 0 Å². The zero-order chi connectivity index (χ0) is 34.4. The van der Waals surface area contributed by atoms with Crippen LogP contribution in [-0.4, -0.2) is 0 Å². The molecular weight excluding hydrogens is 631 g/mol. The molecule has 244 valence electrons. The lowest BCUT2D eigenvalue weighted by Crippen LogP contribution is -2.12. The summed E-state index contributed by atoms with van der Waals surface area (Å²) in [5, 5.41) is 6.87. The van der Waals surface area contributed by atoms with Crippen LogP contribution in [0.25, 0.3) is 76.9 Å². The van der Waals surface area contributed by atoms with Gasteiger partial charge < -0.3 is 9.32 Å². The summed E-state index contributed by atoms with van der Waals surface area (Å²) in [6.07, 6.45) is 0. The van der Waals surface area contributed by atoms with Crippen molar-refractivity contribution in [3.63, 3.8) is 0 Å². The molecule has 0 unspecified atom stereocenters. The SMILES string of the molecule is c1ccc(-c2ccc(N(c3ccccc3-c3ccccc3)c3cc4c(oc5cccc(-c6cccc7ccccc67)c54)c4ccccc34)cc2)cc1. The van der Waals surface area contributed by atoms with Crippen molar-refractivity contribution in [1.82, 2.24) is 0 Å². The summed E-state index contributed by atoms with van der Waals surface area (Å²) >= 11 is 0. The molecular formula is C50H33NO. The molecule has 0 bridgehead atoms. The largest absolute Gasteiger partial charge is 0.455 e. The molecule has 0 aliphatic carbocycles. The van der Waals surface area contributed by atoms with E-state index in [2.05, 4.69) is 205 Å². The first-order chi connectivity index (χ1) is 25.8.